The first-order valence-corrected chi connectivity index (χ1v) is 35.7. The third kappa shape index (κ3) is 15.3. The SMILES string of the molecule is COc1cc2c(cc1OCCCCCOc1cc3c(cc1OC)C(=O)N1CC4(CC4)C[C@H]1[C@@H](O)N3C(=O)OCc1ccc(CC(=O)[C@H](C)NC(=O)[C@@H](CC(=O)CNC(=O)CCC(=O)CCC(=O)N3Cc4ccccc4-c4nnn(C)c4-c4ccccc43)C(C)C)cc1)N=C[C@@H]1CC3(CC3)CN1C2=O. The first-order chi connectivity index (χ1) is 49.6. The lowest BCUT2D eigenvalue weighted by molar-refractivity contribution is -0.133. The Hall–Kier alpha value is -10.3. The van der Waals surface area contributed by atoms with Crippen LogP contribution in [0.3, 0.4) is 0 Å². The average Bonchev–Trinajstić information content (AvgIpc) is 1.58. The van der Waals surface area contributed by atoms with Gasteiger partial charge < -0.3 is 54.1 Å². The van der Waals surface area contributed by atoms with Gasteiger partial charge in [0.15, 0.2) is 40.8 Å². The number of methoxy groups -OCH3 is 2. The molecular formula is C78H88N10O15. The Balaban J connectivity index is 0.557. The third-order valence-corrected chi connectivity index (χ3v) is 21.4. The Morgan fingerprint density at radius 1 is 0.680 bits per heavy atom. The van der Waals surface area contributed by atoms with E-state index in [0.29, 0.717) is 84.1 Å². The number of aromatic nitrogens is 3. The fraction of sp³-hybridized carbons (Fsp3) is 0.462. The Morgan fingerprint density at radius 3 is 2.03 bits per heavy atom. The van der Waals surface area contributed by atoms with E-state index < -0.39 is 47.9 Å². The number of ether oxygens (including phenoxy) is 5. The fourth-order valence-corrected chi connectivity index (χ4v) is 15.0. The molecule has 540 valence electrons. The highest BCUT2D eigenvalue weighted by molar-refractivity contribution is 6.07. The van der Waals surface area contributed by atoms with Crippen molar-refractivity contribution in [3.05, 3.63) is 125 Å². The van der Waals surface area contributed by atoms with E-state index in [-0.39, 0.29) is 140 Å². The van der Waals surface area contributed by atoms with E-state index in [0.717, 1.165) is 65.9 Å². The van der Waals surface area contributed by atoms with Gasteiger partial charge in [0.05, 0.1) is 92.5 Å². The van der Waals surface area contributed by atoms with Crippen LogP contribution in [0.1, 0.15) is 148 Å². The molecule has 2 saturated carbocycles. The second-order valence-corrected chi connectivity index (χ2v) is 29.0. The van der Waals surface area contributed by atoms with Gasteiger partial charge in [0.1, 0.15) is 18.1 Å². The third-order valence-electron chi connectivity index (χ3n) is 21.4. The molecule has 1 aromatic heterocycles. The second kappa shape index (κ2) is 30.0. The molecule has 0 radical (unpaired) electrons. The topological polar surface area (TPSA) is 300 Å². The van der Waals surface area contributed by atoms with Crippen LogP contribution in [-0.2, 0) is 60.1 Å². The molecule has 2 spiro atoms. The van der Waals surface area contributed by atoms with Crippen LogP contribution in [0, 0.1) is 22.7 Å². The Kier molecular flexibility index (Phi) is 20.7. The summed E-state index contributed by atoms with van der Waals surface area (Å²) in [7, 11) is 4.82. The summed E-state index contributed by atoms with van der Waals surface area (Å²) in [5, 5.41) is 26.3. The van der Waals surface area contributed by atoms with Gasteiger partial charge in [-0.15, -0.1) is 5.10 Å². The number of para-hydroxylation sites is 1. The maximum Gasteiger partial charge on any atom is 0.416 e. The summed E-state index contributed by atoms with van der Waals surface area (Å²) < 4.78 is 31.5. The Morgan fingerprint density at radius 2 is 1.32 bits per heavy atom. The van der Waals surface area contributed by atoms with Crippen molar-refractivity contribution < 1.29 is 71.9 Å². The predicted molar refractivity (Wildman–Crippen MR) is 380 cm³/mol. The van der Waals surface area contributed by atoms with E-state index in [2.05, 4.69) is 20.9 Å². The van der Waals surface area contributed by atoms with Crippen molar-refractivity contribution in [1.29, 1.82) is 0 Å². The largest absolute Gasteiger partial charge is 0.493 e. The fourth-order valence-electron chi connectivity index (χ4n) is 15.0. The van der Waals surface area contributed by atoms with E-state index in [1.807, 2.05) is 59.6 Å². The van der Waals surface area contributed by atoms with Crippen molar-refractivity contribution in [2.24, 2.45) is 34.7 Å². The molecule has 4 fully saturated rings. The molecule has 5 atom stereocenters. The standard InChI is InChI=1S/C78H88N10O15/c1-46(2)56(33-53(90)41-80-68(92)24-22-52(89)23-25-69(93)85-42-50-14-8-9-15-54(50)70-71(84(4)83-82-70)55-16-10-11-17-60(55)85)72(94)81-47(3)63(91)32-48-18-20-49(21-19-48)43-103-76(98)88-61-37-67(65(100-6)35-58(61)74(96)87-45-78(28-29-78)39-62(87)75(88)97)102-31-13-7-12-30-101-66-36-59-57(34-64(66)99-5)73(95)86-44-77(26-27-77)38-51(86)40-79-59/h8-11,14-21,34-37,40,46-47,51,56,62,75,97H,7,12-13,22-33,38-39,41-45H2,1-6H3,(H,80,92)(H,81,94)/t47-,51-,56-,62-,75+/m0/s1. The van der Waals surface area contributed by atoms with Crippen LogP contribution in [0.4, 0.5) is 21.9 Å². The number of hydrogen-bond donors (Lipinski definition) is 3. The number of aliphatic imine (C=N–C) groups is 1. The second-order valence-electron chi connectivity index (χ2n) is 29.0. The first kappa shape index (κ1) is 71.1. The molecule has 3 N–H and O–H groups in total. The van der Waals surface area contributed by atoms with Gasteiger partial charge in [-0.05, 0) is 116 Å². The number of amides is 6. The summed E-state index contributed by atoms with van der Waals surface area (Å²) in [5.41, 5.74) is 7.27. The van der Waals surface area contributed by atoms with Crippen molar-refractivity contribution in [3.63, 3.8) is 0 Å². The number of Topliss-reactive ketones (excluding diaryl/α,β-unsaturated/α-hetero) is 3. The normalized spacial score (nSPS) is 18.9. The number of rotatable bonds is 28. The number of benzene rings is 5. The zero-order chi connectivity index (χ0) is 72.4. The number of ketones is 3. The number of nitrogens with one attached hydrogen (secondary N) is 2. The van der Waals surface area contributed by atoms with Gasteiger partial charge >= 0.3 is 6.09 Å². The zero-order valence-corrected chi connectivity index (χ0v) is 59.1. The monoisotopic (exact) mass is 1400 g/mol. The van der Waals surface area contributed by atoms with Crippen LogP contribution in [0.2, 0.25) is 0 Å². The van der Waals surface area contributed by atoms with Crippen molar-refractivity contribution in [1.82, 2.24) is 35.4 Å². The molecule has 6 aromatic rings. The summed E-state index contributed by atoms with van der Waals surface area (Å²) in [6, 6.07) is 27.0. The molecule has 7 aliphatic rings. The van der Waals surface area contributed by atoms with Crippen LogP contribution in [0.5, 0.6) is 23.0 Å². The van der Waals surface area contributed by atoms with Gasteiger partial charge in [0.2, 0.25) is 17.7 Å². The van der Waals surface area contributed by atoms with Crippen LogP contribution >= 0.6 is 0 Å². The number of unbranched alkanes of at least 4 members (excludes halogenated alkanes) is 2. The van der Waals surface area contributed by atoms with Gasteiger partial charge in [-0.25, -0.2) is 14.4 Å². The van der Waals surface area contributed by atoms with Gasteiger partial charge in [-0.3, -0.25) is 43.3 Å². The molecule has 6 heterocycles. The summed E-state index contributed by atoms with van der Waals surface area (Å²) in [5.74, 6) is -2.30. The summed E-state index contributed by atoms with van der Waals surface area (Å²) in [6.07, 6.45) is 6.32. The minimum absolute atomic E-state index is 0.0135. The molecule has 0 unspecified atom stereocenters. The number of nitrogens with zero attached hydrogens (tertiary/aromatic N) is 8. The van der Waals surface area contributed by atoms with Crippen molar-refractivity contribution in [2.75, 3.05) is 56.9 Å². The smallest absolute Gasteiger partial charge is 0.416 e. The Bertz CT molecular complexity index is 4350. The zero-order valence-electron chi connectivity index (χ0n) is 59.1. The van der Waals surface area contributed by atoms with E-state index >= 15 is 0 Å². The molecule has 5 aliphatic heterocycles. The van der Waals surface area contributed by atoms with Gasteiger partial charge in [-0.1, -0.05) is 85.8 Å². The van der Waals surface area contributed by atoms with E-state index in [9.17, 15) is 48.3 Å². The predicted octanol–water partition coefficient (Wildman–Crippen LogP) is 9.62. The molecule has 25 heteroatoms. The van der Waals surface area contributed by atoms with Crippen LogP contribution in [0.15, 0.2) is 102 Å². The number of carbonyl (C=O) groups excluding carboxylic acids is 9. The van der Waals surface area contributed by atoms with Gasteiger partial charge in [-0.2, -0.15) is 0 Å². The highest BCUT2D eigenvalue weighted by Gasteiger charge is 2.58. The maximum atomic E-state index is 14.5. The van der Waals surface area contributed by atoms with E-state index in [4.69, 9.17) is 28.7 Å². The number of aliphatic hydroxyl groups excluding tert-OH is 1. The highest BCUT2D eigenvalue weighted by Crippen LogP contribution is 2.58. The molecule has 103 heavy (non-hydrogen) atoms. The van der Waals surface area contributed by atoms with Gasteiger partial charge in [0.25, 0.3) is 11.8 Å². The molecule has 5 aromatic carbocycles. The molecule has 25 nitrogen and oxygen atoms in total. The van der Waals surface area contributed by atoms with E-state index in [1.54, 1.807) is 91.9 Å². The number of aryl methyl sites for hydroxylation is 1. The molecule has 6 amide bonds. The Labute approximate surface area is 597 Å². The van der Waals surface area contributed by atoms with Crippen molar-refractivity contribution >= 4 is 76.3 Å². The minimum Gasteiger partial charge on any atom is -0.493 e. The van der Waals surface area contributed by atoms with Crippen LogP contribution in [-0.4, -0.2) is 161 Å². The highest BCUT2D eigenvalue weighted by atomic mass is 16.6. The average molecular weight is 1410 g/mol. The molecular weight excluding hydrogens is 1320 g/mol. The summed E-state index contributed by atoms with van der Waals surface area (Å²) >= 11 is 0. The van der Waals surface area contributed by atoms with E-state index in [1.165, 1.54) is 13.2 Å². The maximum absolute atomic E-state index is 14.5. The van der Waals surface area contributed by atoms with Gasteiger partial charge in [0, 0.05) is 94.1 Å². The first-order valence-electron chi connectivity index (χ1n) is 35.7. The number of carbonyl (C=O) groups is 9. The number of anilines is 2. The molecule has 2 aliphatic carbocycles. The summed E-state index contributed by atoms with van der Waals surface area (Å²) in [4.78, 5) is 134. The lowest BCUT2D eigenvalue weighted by Gasteiger charge is -2.31. The van der Waals surface area contributed by atoms with Crippen molar-refractivity contribution in [3.8, 4) is 45.5 Å². The minimum atomic E-state index is -1.46. The number of hydrogen-bond acceptors (Lipinski definition) is 18. The molecule has 13 rings (SSSR count). The van der Waals surface area contributed by atoms with Crippen LogP contribution in [0.25, 0.3) is 22.5 Å². The lowest BCUT2D eigenvalue weighted by atomic mass is 9.89. The molecule has 0 bridgehead atoms. The lowest BCUT2D eigenvalue weighted by Crippen LogP contribution is -2.50. The summed E-state index contributed by atoms with van der Waals surface area (Å²) in [6.45, 7) is 6.61. The molecule has 2 saturated heterocycles. The quantitative estimate of drug-likeness (QED) is 0.0385. The number of aliphatic hydroxyl groups is 1. The van der Waals surface area contributed by atoms with Crippen molar-refractivity contribution in [2.45, 2.75) is 155 Å². The van der Waals surface area contributed by atoms with Crippen LogP contribution < -0.4 is 39.4 Å². The number of fused-ring (bicyclic) bond motifs is 9.